The molecule has 2 nitrogen and oxygen atoms in total. The lowest BCUT2D eigenvalue weighted by Crippen LogP contribution is -1.79. The zero-order valence-electron chi connectivity index (χ0n) is 5.08. The molecule has 51 valence electrons. The van der Waals surface area contributed by atoms with Crippen molar-refractivity contribution < 1.29 is 5.21 Å². The van der Waals surface area contributed by atoms with Crippen LogP contribution >= 0.6 is 11.6 Å². The summed E-state index contributed by atoms with van der Waals surface area (Å²) in [5.41, 5.74) is 0.662. The smallest absolute Gasteiger partial charge is 0.0740 e. The van der Waals surface area contributed by atoms with Crippen molar-refractivity contribution in [1.82, 2.24) is 0 Å². The van der Waals surface area contributed by atoms with Crippen LogP contribution in [0.3, 0.4) is 0 Å². The second-order valence-corrected chi connectivity index (χ2v) is 2.11. The lowest BCUT2D eigenvalue weighted by molar-refractivity contribution is 0.322. The fourth-order valence-electron chi connectivity index (χ4n) is 0.595. The summed E-state index contributed by atoms with van der Waals surface area (Å²) in [6.45, 7) is 0. The molecule has 1 radical (unpaired) electrons. The van der Waals surface area contributed by atoms with Crippen LogP contribution < -0.4 is 0 Å². The third kappa shape index (κ3) is 1.74. The molecule has 0 unspecified atom stereocenters. The van der Waals surface area contributed by atoms with E-state index >= 15 is 0 Å². The van der Waals surface area contributed by atoms with Gasteiger partial charge in [-0.25, -0.2) is 0 Å². The highest BCUT2D eigenvalue weighted by Gasteiger charge is 1.88. The Labute approximate surface area is 63.7 Å². The maximum atomic E-state index is 8.12. The fourth-order valence-corrected chi connectivity index (χ4v) is 0.777. The first kappa shape index (κ1) is 7.09. The first-order chi connectivity index (χ1) is 4.83. The predicted molar refractivity (Wildman–Crippen MR) is 39.7 cm³/mol. The zero-order valence-corrected chi connectivity index (χ0v) is 5.84. The van der Waals surface area contributed by atoms with Gasteiger partial charge in [0.1, 0.15) is 0 Å². The number of hydrogen-bond donors (Lipinski definition) is 1. The first-order valence-electron chi connectivity index (χ1n) is 2.68. The van der Waals surface area contributed by atoms with Crippen LogP contribution in [0.5, 0.6) is 0 Å². The molecule has 1 rings (SSSR count). The number of nitrogens with zero attached hydrogens (tertiary/aromatic N) is 1. The van der Waals surface area contributed by atoms with Crippen LogP contribution in [0, 0.1) is 6.07 Å². The van der Waals surface area contributed by atoms with Crippen molar-refractivity contribution in [2.45, 2.75) is 0 Å². The van der Waals surface area contributed by atoms with Gasteiger partial charge in [-0.15, -0.1) is 0 Å². The van der Waals surface area contributed by atoms with Crippen molar-refractivity contribution in [3.05, 3.63) is 34.9 Å². The standard InChI is InChI=1S/C7H5ClNO/c8-7-3-1-2-6(4-7)5-9-10/h1-3,5,10H/b9-5-. The summed E-state index contributed by atoms with van der Waals surface area (Å²) in [5.74, 6) is 0. The SMILES string of the molecule is O/N=C\c1[c]c(Cl)ccc1. The van der Waals surface area contributed by atoms with Crippen LogP contribution in [0.25, 0.3) is 0 Å². The molecule has 0 aliphatic carbocycles. The normalized spacial score (nSPS) is 10.5. The number of benzene rings is 1. The van der Waals surface area contributed by atoms with Crippen LogP contribution in [0.4, 0.5) is 0 Å². The molecule has 0 saturated heterocycles. The Morgan fingerprint density at radius 2 is 2.40 bits per heavy atom. The summed E-state index contributed by atoms with van der Waals surface area (Å²) in [5, 5.41) is 11.5. The molecular formula is C7H5ClNO. The molecule has 10 heavy (non-hydrogen) atoms. The number of rotatable bonds is 1. The van der Waals surface area contributed by atoms with E-state index < -0.39 is 0 Å². The van der Waals surface area contributed by atoms with Crippen molar-refractivity contribution >= 4 is 17.8 Å². The van der Waals surface area contributed by atoms with Gasteiger partial charge in [0.2, 0.25) is 0 Å². The number of hydrogen-bond acceptors (Lipinski definition) is 2. The number of halogens is 1. The summed E-state index contributed by atoms with van der Waals surface area (Å²) < 4.78 is 0. The molecule has 0 saturated carbocycles. The predicted octanol–water partition coefficient (Wildman–Crippen LogP) is 1.95. The van der Waals surface area contributed by atoms with E-state index in [-0.39, 0.29) is 0 Å². The molecule has 3 heteroatoms. The van der Waals surface area contributed by atoms with E-state index in [4.69, 9.17) is 16.8 Å². The average molecular weight is 155 g/mol. The lowest BCUT2D eigenvalue weighted by Gasteiger charge is -1.89. The van der Waals surface area contributed by atoms with E-state index in [1.165, 1.54) is 6.21 Å². The van der Waals surface area contributed by atoms with Crippen LogP contribution in [-0.2, 0) is 0 Å². The van der Waals surface area contributed by atoms with Gasteiger partial charge in [-0.3, -0.25) is 0 Å². The highest BCUT2D eigenvalue weighted by Crippen LogP contribution is 2.07. The van der Waals surface area contributed by atoms with Gasteiger partial charge in [-0.2, -0.15) is 0 Å². The van der Waals surface area contributed by atoms with Gasteiger partial charge in [0.05, 0.1) is 6.21 Å². The maximum Gasteiger partial charge on any atom is 0.0740 e. The second kappa shape index (κ2) is 3.22. The summed E-state index contributed by atoms with van der Waals surface area (Å²) >= 11 is 5.58. The van der Waals surface area contributed by atoms with Gasteiger partial charge in [-0.05, 0) is 6.07 Å². The Kier molecular flexibility index (Phi) is 2.29. The maximum absolute atomic E-state index is 8.12. The Morgan fingerprint density at radius 1 is 1.60 bits per heavy atom. The third-order valence-electron chi connectivity index (χ3n) is 0.979. The van der Waals surface area contributed by atoms with Crippen LogP contribution in [0.1, 0.15) is 5.56 Å². The van der Waals surface area contributed by atoms with Crippen LogP contribution in [-0.4, -0.2) is 11.4 Å². The largest absolute Gasteiger partial charge is 0.411 e. The van der Waals surface area contributed by atoms with Gasteiger partial charge >= 0.3 is 0 Å². The second-order valence-electron chi connectivity index (χ2n) is 1.70. The molecule has 0 heterocycles. The van der Waals surface area contributed by atoms with Crippen molar-refractivity contribution in [2.24, 2.45) is 5.16 Å². The first-order valence-corrected chi connectivity index (χ1v) is 3.06. The minimum atomic E-state index is 0.511. The third-order valence-corrected chi connectivity index (χ3v) is 1.20. The van der Waals surface area contributed by atoms with Gasteiger partial charge < -0.3 is 5.21 Å². The Balaban J connectivity index is 2.95. The summed E-state index contributed by atoms with van der Waals surface area (Å²) in [6, 6.07) is 7.97. The van der Waals surface area contributed by atoms with Crippen LogP contribution in [0.2, 0.25) is 5.02 Å². The number of oxime groups is 1. The fraction of sp³-hybridized carbons (Fsp3) is 0. The van der Waals surface area contributed by atoms with E-state index in [1.54, 1.807) is 18.2 Å². The van der Waals surface area contributed by atoms with Crippen LogP contribution in [0.15, 0.2) is 23.4 Å². The summed E-state index contributed by atoms with van der Waals surface area (Å²) in [4.78, 5) is 0. The molecule has 1 N–H and O–H groups in total. The molecule has 1 aromatic rings. The topological polar surface area (TPSA) is 32.6 Å². The molecular weight excluding hydrogens is 150 g/mol. The molecule has 0 aliphatic rings. The minimum Gasteiger partial charge on any atom is -0.411 e. The Hall–Kier alpha value is -1.02. The average Bonchev–Trinajstić information content (AvgIpc) is 1.88. The highest BCUT2D eigenvalue weighted by molar-refractivity contribution is 6.30. The molecule has 0 aliphatic heterocycles. The van der Waals surface area contributed by atoms with E-state index in [1.807, 2.05) is 0 Å². The van der Waals surface area contributed by atoms with E-state index in [2.05, 4.69) is 11.2 Å². The van der Waals surface area contributed by atoms with Gasteiger partial charge in [-0.1, -0.05) is 28.9 Å². The van der Waals surface area contributed by atoms with E-state index in [0.717, 1.165) is 0 Å². The minimum absolute atomic E-state index is 0.511. The summed E-state index contributed by atoms with van der Waals surface area (Å²) in [7, 11) is 0. The molecule has 0 bridgehead atoms. The Morgan fingerprint density at radius 3 is 3.00 bits per heavy atom. The van der Waals surface area contributed by atoms with E-state index in [9.17, 15) is 0 Å². The van der Waals surface area contributed by atoms with Gasteiger partial charge in [0.25, 0.3) is 0 Å². The zero-order chi connectivity index (χ0) is 7.40. The highest BCUT2D eigenvalue weighted by atomic mass is 35.5. The Bertz CT molecular complexity index is 247. The molecule has 1 aromatic carbocycles. The molecule has 0 spiro atoms. The molecule has 0 amide bonds. The van der Waals surface area contributed by atoms with Crippen molar-refractivity contribution in [1.29, 1.82) is 0 Å². The van der Waals surface area contributed by atoms with Gasteiger partial charge in [0.15, 0.2) is 0 Å². The summed E-state index contributed by atoms with van der Waals surface area (Å²) in [6.07, 6.45) is 1.27. The quantitative estimate of drug-likeness (QED) is 0.374. The molecule has 0 aromatic heterocycles. The van der Waals surface area contributed by atoms with Crippen molar-refractivity contribution in [2.75, 3.05) is 0 Å². The monoisotopic (exact) mass is 154 g/mol. The lowest BCUT2D eigenvalue weighted by atomic mass is 10.2. The van der Waals surface area contributed by atoms with E-state index in [0.29, 0.717) is 10.6 Å². The molecule has 0 atom stereocenters. The molecule has 0 fully saturated rings. The van der Waals surface area contributed by atoms with Crippen molar-refractivity contribution in [3.63, 3.8) is 0 Å². The van der Waals surface area contributed by atoms with Gasteiger partial charge in [0, 0.05) is 16.7 Å². The van der Waals surface area contributed by atoms with Crippen molar-refractivity contribution in [3.8, 4) is 0 Å².